The summed E-state index contributed by atoms with van der Waals surface area (Å²) in [4.78, 5) is 2.12. The van der Waals surface area contributed by atoms with E-state index < -0.39 is 0 Å². The highest BCUT2D eigenvalue weighted by Crippen LogP contribution is 2.25. The van der Waals surface area contributed by atoms with E-state index in [0.29, 0.717) is 6.04 Å². The third kappa shape index (κ3) is 4.68. The van der Waals surface area contributed by atoms with E-state index in [9.17, 15) is 5.11 Å². The summed E-state index contributed by atoms with van der Waals surface area (Å²) in [5, 5.41) is 13.6. The number of benzene rings is 1. The number of aliphatic hydroxyl groups excluding tert-OH is 1. The fourth-order valence-corrected chi connectivity index (χ4v) is 2.21. The molecule has 0 spiro atoms. The van der Waals surface area contributed by atoms with E-state index >= 15 is 0 Å². The van der Waals surface area contributed by atoms with Gasteiger partial charge in [-0.1, -0.05) is 17.7 Å². The average Bonchev–Trinajstić information content (AvgIpc) is 3.18. The van der Waals surface area contributed by atoms with Gasteiger partial charge in [0, 0.05) is 36.9 Å². The van der Waals surface area contributed by atoms with Crippen LogP contribution in [0.1, 0.15) is 31.7 Å². The van der Waals surface area contributed by atoms with Gasteiger partial charge in [-0.15, -0.1) is 0 Å². The molecule has 1 aromatic carbocycles. The lowest BCUT2D eigenvalue weighted by molar-refractivity contribution is 0.187. The van der Waals surface area contributed by atoms with Crippen molar-refractivity contribution in [2.75, 3.05) is 18.5 Å². The number of hydrogen-bond acceptors (Lipinski definition) is 3. The number of halogens is 1. The zero-order chi connectivity index (χ0) is 13.8. The standard InChI is InChI=1S/C15H23ClN2O/c1-11(19)7-8-18(2)14-6-3-12(15(16)9-14)10-17-13-4-5-13/h3,6,9,11,13,17,19H,4-5,7-8,10H2,1-2H3. The van der Waals surface area contributed by atoms with Crippen LogP contribution in [0.2, 0.25) is 5.02 Å². The first-order valence-corrected chi connectivity index (χ1v) is 7.35. The van der Waals surface area contributed by atoms with Gasteiger partial charge in [0.25, 0.3) is 0 Å². The third-order valence-electron chi connectivity index (χ3n) is 3.52. The normalized spacial score (nSPS) is 16.4. The average molecular weight is 283 g/mol. The van der Waals surface area contributed by atoms with Crippen LogP contribution in [-0.2, 0) is 6.54 Å². The van der Waals surface area contributed by atoms with Crippen LogP contribution < -0.4 is 10.2 Å². The Morgan fingerprint density at radius 3 is 2.79 bits per heavy atom. The Morgan fingerprint density at radius 2 is 2.21 bits per heavy atom. The highest BCUT2D eigenvalue weighted by Gasteiger charge is 2.20. The van der Waals surface area contributed by atoms with E-state index in [-0.39, 0.29) is 6.10 Å². The zero-order valence-corrected chi connectivity index (χ0v) is 12.5. The van der Waals surface area contributed by atoms with Crippen molar-refractivity contribution in [2.45, 2.75) is 44.9 Å². The van der Waals surface area contributed by atoms with E-state index in [4.69, 9.17) is 11.6 Å². The molecule has 1 fully saturated rings. The number of aliphatic hydroxyl groups is 1. The summed E-state index contributed by atoms with van der Waals surface area (Å²) in [6.45, 7) is 3.49. The number of nitrogens with zero attached hydrogens (tertiary/aromatic N) is 1. The summed E-state index contributed by atoms with van der Waals surface area (Å²) in [7, 11) is 2.02. The van der Waals surface area contributed by atoms with Crippen molar-refractivity contribution < 1.29 is 5.11 Å². The first-order chi connectivity index (χ1) is 9.06. The smallest absolute Gasteiger partial charge is 0.0528 e. The predicted molar refractivity (Wildman–Crippen MR) is 80.9 cm³/mol. The number of anilines is 1. The van der Waals surface area contributed by atoms with Crippen molar-refractivity contribution in [3.63, 3.8) is 0 Å². The van der Waals surface area contributed by atoms with Crippen molar-refractivity contribution in [3.8, 4) is 0 Å². The van der Waals surface area contributed by atoms with Gasteiger partial charge in [0.15, 0.2) is 0 Å². The second kappa shape index (κ2) is 6.60. The minimum Gasteiger partial charge on any atom is -0.393 e. The van der Waals surface area contributed by atoms with Crippen molar-refractivity contribution in [1.82, 2.24) is 5.32 Å². The molecular formula is C15H23ClN2O. The molecule has 1 aliphatic carbocycles. The molecule has 1 aliphatic rings. The molecule has 0 bridgehead atoms. The SMILES string of the molecule is CC(O)CCN(C)c1ccc(CNC2CC2)c(Cl)c1. The van der Waals surface area contributed by atoms with Crippen LogP contribution in [0.5, 0.6) is 0 Å². The maximum Gasteiger partial charge on any atom is 0.0528 e. The van der Waals surface area contributed by atoms with Crippen LogP contribution in [0.25, 0.3) is 0 Å². The van der Waals surface area contributed by atoms with Crippen LogP contribution in [0.15, 0.2) is 18.2 Å². The summed E-state index contributed by atoms with van der Waals surface area (Å²) in [6, 6.07) is 6.89. The van der Waals surface area contributed by atoms with E-state index in [1.54, 1.807) is 0 Å². The van der Waals surface area contributed by atoms with Gasteiger partial charge < -0.3 is 15.3 Å². The Bertz CT molecular complexity index is 419. The molecule has 0 heterocycles. The molecule has 4 heteroatoms. The lowest BCUT2D eigenvalue weighted by atomic mass is 10.2. The topological polar surface area (TPSA) is 35.5 Å². The van der Waals surface area contributed by atoms with Crippen molar-refractivity contribution in [1.29, 1.82) is 0 Å². The molecule has 1 atom stereocenters. The molecule has 0 saturated heterocycles. The molecule has 1 aromatic rings. The molecule has 0 aliphatic heterocycles. The summed E-state index contributed by atoms with van der Waals surface area (Å²) >= 11 is 6.32. The van der Waals surface area contributed by atoms with Gasteiger partial charge in [-0.2, -0.15) is 0 Å². The number of hydrogen-bond donors (Lipinski definition) is 2. The molecule has 0 amide bonds. The summed E-state index contributed by atoms with van der Waals surface area (Å²) in [5.41, 5.74) is 2.25. The summed E-state index contributed by atoms with van der Waals surface area (Å²) in [6.07, 6.45) is 3.08. The van der Waals surface area contributed by atoms with Gasteiger partial charge in [-0.3, -0.25) is 0 Å². The molecule has 2 N–H and O–H groups in total. The lowest BCUT2D eigenvalue weighted by Gasteiger charge is -2.21. The lowest BCUT2D eigenvalue weighted by Crippen LogP contribution is -2.22. The first-order valence-electron chi connectivity index (χ1n) is 6.97. The molecule has 2 rings (SSSR count). The fraction of sp³-hybridized carbons (Fsp3) is 0.600. The van der Waals surface area contributed by atoms with E-state index in [2.05, 4.69) is 22.3 Å². The van der Waals surface area contributed by atoms with E-state index in [0.717, 1.165) is 35.8 Å². The summed E-state index contributed by atoms with van der Waals surface area (Å²) < 4.78 is 0. The maximum atomic E-state index is 9.31. The Kier molecular flexibility index (Phi) is 5.08. The van der Waals surface area contributed by atoms with Crippen molar-refractivity contribution in [3.05, 3.63) is 28.8 Å². The second-order valence-electron chi connectivity index (χ2n) is 5.49. The largest absolute Gasteiger partial charge is 0.393 e. The highest BCUT2D eigenvalue weighted by atomic mass is 35.5. The number of rotatable bonds is 7. The quantitative estimate of drug-likeness (QED) is 0.807. The maximum absolute atomic E-state index is 9.31. The van der Waals surface area contributed by atoms with Crippen LogP contribution in [0, 0.1) is 0 Å². The second-order valence-corrected chi connectivity index (χ2v) is 5.90. The van der Waals surface area contributed by atoms with Crippen molar-refractivity contribution in [2.24, 2.45) is 0 Å². The van der Waals surface area contributed by atoms with Crippen LogP contribution in [0.4, 0.5) is 5.69 Å². The van der Waals surface area contributed by atoms with E-state index in [1.165, 1.54) is 12.8 Å². The van der Waals surface area contributed by atoms with Crippen LogP contribution in [0.3, 0.4) is 0 Å². The molecule has 106 valence electrons. The van der Waals surface area contributed by atoms with Gasteiger partial charge in [-0.05, 0) is 43.9 Å². The van der Waals surface area contributed by atoms with Crippen LogP contribution >= 0.6 is 11.6 Å². The minimum atomic E-state index is -0.264. The van der Waals surface area contributed by atoms with Gasteiger partial charge in [0.05, 0.1) is 6.10 Å². The molecule has 1 saturated carbocycles. The van der Waals surface area contributed by atoms with Gasteiger partial charge in [0.1, 0.15) is 0 Å². The Hall–Kier alpha value is -0.770. The predicted octanol–water partition coefficient (Wildman–Crippen LogP) is 2.80. The van der Waals surface area contributed by atoms with Gasteiger partial charge >= 0.3 is 0 Å². The van der Waals surface area contributed by atoms with Crippen molar-refractivity contribution >= 4 is 17.3 Å². The monoisotopic (exact) mass is 282 g/mol. The number of nitrogens with one attached hydrogen (secondary N) is 1. The molecule has 0 radical (unpaired) electrons. The minimum absolute atomic E-state index is 0.264. The third-order valence-corrected chi connectivity index (χ3v) is 3.87. The Balaban J connectivity index is 1.92. The Morgan fingerprint density at radius 1 is 1.47 bits per heavy atom. The summed E-state index contributed by atoms with van der Waals surface area (Å²) in [5.74, 6) is 0. The fourth-order valence-electron chi connectivity index (χ4n) is 1.97. The molecule has 0 aromatic heterocycles. The van der Waals surface area contributed by atoms with Gasteiger partial charge in [0.2, 0.25) is 0 Å². The molecular weight excluding hydrogens is 260 g/mol. The van der Waals surface area contributed by atoms with Crippen LogP contribution in [-0.4, -0.2) is 30.8 Å². The van der Waals surface area contributed by atoms with Gasteiger partial charge in [-0.25, -0.2) is 0 Å². The molecule has 19 heavy (non-hydrogen) atoms. The highest BCUT2D eigenvalue weighted by molar-refractivity contribution is 6.31. The molecule has 3 nitrogen and oxygen atoms in total. The zero-order valence-electron chi connectivity index (χ0n) is 11.7. The molecule has 1 unspecified atom stereocenters. The first kappa shape index (κ1) is 14.6. The Labute approximate surface area is 120 Å². The van der Waals surface area contributed by atoms with E-state index in [1.807, 2.05) is 20.0 Å².